The first-order valence-electron chi connectivity index (χ1n) is 12.4. The van der Waals surface area contributed by atoms with Gasteiger partial charge in [-0.1, -0.05) is 0 Å². The SMILES string of the molecule is COCC(=O)c1ccc(OC2CCC(NC(=O)NC34CC5CC(CC(C5)C3)C4)CC2)cc1. The summed E-state index contributed by atoms with van der Waals surface area (Å²) in [5.41, 5.74) is 0.702. The summed E-state index contributed by atoms with van der Waals surface area (Å²) in [5, 5.41) is 6.68. The maximum atomic E-state index is 12.8. The van der Waals surface area contributed by atoms with E-state index >= 15 is 0 Å². The topological polar surface area (TPSA) is 76.7 Å². The molecule has 5 aliphatic rings. The number of carbonyl (C=O) groups is 2. The van der Waals surface area contributed by atoms with Gasteiger partial charge in [0, 0.05) is 24.3 Å². The number of ketones is 1. The minimum absolute atomic E-state index is 0.0301. The third-order valence-corrected chi connectivity index (χ3v) is 8.18. The minimum atomic E-state index is -0.0301. The molecule has 5 saturated carbocycles. The molecule has 6 nitrogen and oxygen atoms in total. The van der Waals surface area contributed by atoms with E-state index in [0.29, 0.717) is 5.56 Å². The van der Waals surface area contributed by atoms with Gasteiger partial charge < -0.3 is 20.1 Å². The Hall–Kier alpha value is -2.08. The number of methoxy groups -OCH3 is 1. The van der Waals surface area contributed by atoms with Crippen molar-refractivity contribution >= 4 is 11.8 Å². The van der Waals surface area contributed by atoms with Gasteiger partial charge in [-0.2, -0.15) is 0 Å². The van der Waals surface area contributed by atoms with E-state index in [9.17, 15) is 9.59 Å². The van der Waals surface area contributed by atoms with Crippen LogP contribution < -0.4 is 15.4 Å². The molecule has 0 heterocycles. The van der Waals surface area contributed by atoms with Crippen LogP contribution in [0.3, 0.4) is 0 Å². The standard InChI is InChI=1S/C26H36N2O4/c1-31-16-24(29)20-2-6-22(7-3-20)32-23-8-4-21(5-9-23)27-25(30)28-26-13-17-10-18(14-26)12-19(11-17)15-26/h2-3,6-7,17-19,21,23H,4-5,8-16H2,1H3,(H2,27,28,30). The Bertz CT molecular complexity index is 793. The van der Waals surface area contributed by atoms with E-state index in [0.717, 1.165) is 49.2 Å². The van der Waals surface area contributed by atoms with Crippen molar-refractivity contribution in [2.45, 2.75) is 81.9 Å². The molecule has 5 aliphatic carbocycles. The number of ether oxygens (including phenoxy) is 2. The molecule has 0 radical (unpaired) electrons. The lowest BCUT2D eigenvalue weighted by Gasteiger charge is -2.56. The summed E-state index contributed by atoms with van der Waals surface area (Å²) in [5.74, 6) is 3.26. The van der Waals surface area contributed by atoms with E-state index in [1.807, 2.05) is 12.1 Å². The van der Waals surface area contributed by atoms with E-state index in [2.05, 4.69) is 10.6 Å². The lowest BCUT2D eigenvalue weighted by Crippen LogP contribution is -2.62. The van der Waals surface area contributed by atoms with Crippen LogP contribution in [0.2, 0.25) is 0 Å². The van der Waals surface area contributed by atoms with E-state index in [-0.39, 0.29) is 36.1 Å². The van der Waals surface area contributed by atoms with Gasteiger partial charge in [0.2, 0.25) is 0 Å². The van der Waals surface area contributed by atoms with Gasteiger partial charge in [0.25, 0.3) is 0 Å². The number of rotatable bonds is 7. The molecular formula is C26H36N2O4. The first-order chi connectivity index (χ1) is 15.5. The monoisotopic (exact) mass is 440 g/mol. The summed E-state index contributed by atoms with van der Waals surface area (Å²) in [6.07, 6.45) is 11.6. The van der Waals surface area contributed by atoms with Gasteiger partial charge in [-0.3, -0.25) is 4.79 Å². The maximum Gasteiger partial charge on any atom is 0.315 e. The zero-order chi connectivity index (χ0) is 22.1. The predicted octanol–water partition coefficient (Wildman–Crippen LogP) is 4.47. The van der Waals surface area contributed by atoms with E-state index < -0.39 is 0 Å². The van der Waals surface area contributed by atoms with Crippen molar-refractivity contribution in [2.75, 3.05) is 13.7 Å². The predicted molar refractivity (Wildman–Crippen MR) is 122 cm³/mol. The molecular weight excluding hydrogens is 404 g/mol. The van der Waals surface area contributed by atoms with Crippen LogP contribution in [0, 0.1) is 17.8 Å². The number of Topliss-reactive ketones (excluding diaryl/α,β-unsaturated/α-hetero) is 1. The molecule has 6 rings (SSSR count). The summed E-state index contributed by atoms with van der Waals surface area (Å²) < 4.78 is 11.0. The second kappa shape index (κ2) is 9.05. The third kappa shape index (κ3) is 4.80. The van der Waals surface area contributed by atoms with Gasteiger partial charge in [0.1, 0.15) is 12.4 Å². The lowest BCUT2D eigenvalue weighted by molar-refractivity contribution is -0.0138. The summed E-state index contributed by atoms with van der Waals surface area (Å²) in [6.45, 7) is 0.0909. The molecule has 0 saturated heterocycles. The Labute approximate surface area is 190 Å². The van der Waals surface area contributed by atoms with E-state index in [4.69, 9.17) is 9.47 Å². The number of benzene rings is 1. The fourth-order valence-electron chi connectivity index (χ4n) is 7.18. The number of amides is 2. The average molecular weight is 441 g/mol. The first-order valence-corrected chi connectivity index (χ1v) is 12.4. The Morgan fingerprint density at radius 1 is 0.938 bits per heavy atom. The Kier molecular flexibility index (Phi) is 6.15. The summed E-state index contributed by atoms with van der Waals surface area (Å²) in [7, 11) is 1.52. The van der Waals surface area contributed by atoms with Gasteiger partial charge in [0.05, 0.1) is 6.10 Å². The van der Waals surface area contributed by atoms with Crippen LogP contribution in [0.1, 0.15) is 74.6 Å². The highest BCUT2D eigenvalue weighted by molar-refractivity contribution is 5.97. The molecule has 0 spiro atoms. The van der Waals surface area contributed by atoms with Gasteiger partial charge >= 0.3 is 6.03 Å². The fraction of sp³-hybridized carbons (Fsp3) is 0.692. The van der Waals surface area contributed by atoms with Crippen molar-refractivity contribution in [1.82, 2.24) is 10.6 Å². The number of hydrogen-bond donors (Lipinski definition) is 2. The van der Waals surface area contributed by atoms with Crippen molar-refractivity contribution < 1.29 is 19.1 Å². The van der Waals surface area contributed by atoms with Crippen LogP contribution >= 0.6 is 0 Å². The molecule has 0 aliphatic heterocycles. The minimum Gasteiger partial charge on any atom is -0.490 e. The summed E-state index contributed by atoms with van der Waals surface area (Å²) >= 11 is 0. The van der Waals surface area contributed by atoms with Crippen molar-refractivity contribution in [3.8, 4) is 5.75 Å². The van der Waals surface area contributed by atoms with Gasteiger partial charge in [-0.25, -0.2) is 4.79 Å². The van der Waals surface area contributed by atoms with E-state index in [1.54, 1.807) is 12.1 Å². The molecule has 0 aromatic heterocycles. The second-order valence-corrected chi connectivity index (χ2v) is 10.8. The average Bonchev–Trinajstić information content (AvgIpc) is 2.74. The molecule has 32 heavy (non-hydrogen) atoms. The Morgan fingerprint density at radius 2 is 1.53 bits per heavy atom. The molecule has 1 aromatic carbocycles. The largest absolute Gasteiger partial charge is 0.490 e. The number of hydrogen-bond acceptors (Lipinski definition) is 4. The zero-order valence-electron chi connectivity index (χ0n) is 19.1. The van der Waals surface area contributed by atoms with Gasteiger partial charge in [-0.15, -0.1) is 0 Å². The molecule has 6 heteroatoms. The van der Waals surface area contributed by atoms with E-state index in [1.165, 1.54) is 45.6 Å². The highest BCUT2D eigenvalue weighted by Crippen LogP contribution is 2.55. The number of nitrogens with one attached hydrogen (secondary N) is 2. The first kappa shape index (κ1) is 21.7. The van der Waals surface area contributed by atoms with Crippen molar-refractivity contribution in [2.24, 2.45) is 17.8 Å². The van der Waals surface area contributed by atoms with Crippen molar-refractivity contribution in [3.63, 3.8) is 0 Å². The Morgan fingerprint density at radius 3 is 2.09 bits per heavy atom. The van der Waals surface area contributed by atoms with Crippen LogP contribution in [0.5, 0.6) is 5.75 Å². The highest BCUT2D eigenvalue weighted by Gasteiger charge is 2.51. The van der Waals surface area contributed by atoms with Crippen LogP contribution in [0.4, 0.5) is 4.79 Å². The van der Waals surface area contributed by atoms with Crippen LogP contribution in [-0.2, 0) is 4.74 Å². The number of urea groups is 1. The summed E-state index contributed by atoms with van der Waals surface area (Å²) in [4.78, 5) is 24.7. The molecule has 2 amide bonds. The molecule has 174 valence electrons. The van der Waals surface area contributed by atoms with Crippen molar-refractivity contribution in [1.29, 1.82) is 0 Å². The molecule has 0 atom stereocenters. The van der Waals surface area contributed by atoms with Crippen LogP contribution in [0.25, 0.3) is 0 Å². The maximum absolute atomic E-state index is 12.8. The molecule has 1 aromatic rings. The quantitative estimate of drug-likeness (QED) is 0.613. The second-order valence-electron chi connectivity index (χ2n) is 10.8. The summed E-state index contributed by atoms with van der Waals surface area (Å²) in [6, 6.07) is 7.54. The fourth-order valence-corrected chi connectivity index (χ4v) is 7.18. The molecule has 4 bridgehead atoms. The smallest absolute Gasteiger partial charge is 0.315 e. The molecule has 0 unspecified atom stereocenters. The zero-order valence-corrected chi connectivity index (χ0v) is 19.1. The lowest BCUT2D eigenvalue weighted by atomic mass is 9.53. The molecule has 5 fully saturated rings. The van der Waals surface area contributed by atoms with Gasteiger partial charge in [0.15, 0.2) is 5.78 Å². The third-order valence-electron chi connectivity index (χ3n) is 8.18. The van der Waals surface area contributed by atoms with Crippen LogP contribution in [-0.4, -0.2) is 43.2 Å². The van der Waals surface area contributed by atoms with Crippen LogP contribution in [0.15, 0.2) is 24.3 Å². The normalized spacial score (nSPS) is 35.3. The molecule has 2 N–H and O–H groups in total. The van der Waals surface area contributed by atoms with Crippen molar-refractivity contribution in [3.05, 3.63) is 29.8 Å². The highest BCUT2D eigenvalue weighted by atomic mass is 16.5. The Balaban J connectivity index is 1.06. The van der Waals surface area contributed by atoms with Gasteiger partial charge in [-0.05, 0) is 106 Å². The number of carbonyl (C=O) groups excluding carboxylic acids is 2.